The molecular weight excluding hydrogens is 168 g/mol. The number of aromatic nitrogens is 1. The number of hydrogen-bond acceptors (Lipinski definition) is 2. The summed E-state index contributed by atoms with van der Waals surface area (Å²) in [5.41, 5.74) is 0.546. The Balaban J connectivity index is 3.13. The van der Waals surface area contributed by atoms with Gasteiger partial charge in [-0.3, -0.25) is 9.59 Å². The fourth-order valence-corrected chi connectivity index (χ4v) is 1.11. The molecule has 1 amide bonds. The van der Waals surface area contributed by atoms with Crippen LogP contribution in [0.25, 0.3) is 0 Å². The molecule has 2 N–H and O–H groups in total. The Morgan fingerprint density at radius 2 is 2.31 bits per heavy atom. The molecule has 0 unspecified atom stereocenters. The van der Waals surface area contributed by atoms with E-state index in [1.807, 2.05) is 6.92 Å². The number of rotatable bonds is 2. The van der Waals surface area contributed by atoms with Crippen molar-refractivity contribution in [3.63, 3.8) is 0 Å². The number of nitrogens with one attached hydrogen (secondary N) is 2. The van der Waals surface area contributed by atoms with Crippen LogP contribution in [0.5, 0.6) is 0 Å². The zero-order chi connectivity index (χ0) is 9.84. The Morgan fingerprint density at radius 3 is 2.85 bits per heavy atom. The molecule has 0 bridgehead atoms. The molecule has 0 atom stereocenters. The first-order valence-electron chi connectivity index (χ1n) is 4.13. The van der Waals surface area contributed by atoms with Gasteiger partial charge >= 0.3 is 0 Å². The fourth-order valence-electron chi connectivity index (χ4n) is 1.11. The van der Waals surface area contributed by atoms with E-state index in [-0.39, 0.29) is 17.0 Å². The second-order valence-electron chi connectivity index (χ2n) is 2.72. The Labute approximate surface area is 76.0 Å². The van der Waals surface area contributed by atoms with Crippen molar-refractivity contribution in [3.05, 3.63) is 33.7 Å². The zero-order valence-electron chi connectivity index (χ0n) is 7.68. The van der Waals surface area contributed by atoms with Gasteiger partial charge in [-0.25, -0.2) is 0 Å². The maximum Gasteiger partial charge on any atom is 0.261 e. The molecule has 0 fully saturated rings. The van der Waals surface area contributed by atoms with Crippen LogP contribution in [0.15, 0.2) is 17.1 Å². The number of pyridine rings is 1. The smallest absolute Gasteiger partial charge is 0.261 e. The normalized spacial score (nSPS) is 9.69. The number of hydrogen-bond donors (Lipinski definition) is 2. The minimum absolute atomic E-state index is 0.198. The average molecular weight is 180 g/mol. The molecule has 4 nitrogen and oxygen atoms in total. The molecule has 0 saturated heterocycles. The highest BCUT2D eigenvalue weighted by Gasteiger charge is 2.11. The molecule has 0 saturated carbocycles. The molecule has 0 radical (unpaired) electrons. The first kappa shape index (κ1) is 9.51. The number of aromatic amines is 1. The minimum Gasteiger partial charge on any atom is -0.352 e. The number of carbonyl (C=O) groups excluding carboxylic acids is 1. The van der Waals surface area contributed by atoms with Gasteiger partial charge < -0.3 is 10.3 Å². The van der Waals surface area contributed by atoms with E-state index in [0.29, 0.717) is 12.1 Å². The molecule has 0 aliphatic rings. The highest BCUT2D eigenvalue weighted by atomic mass is 16.2. The summed E-state index contributed by atoms with van der Waals surface area (Å²) in [5.74, 6) is -0.318. The SMILES string of the molecule is CCNC(=O)c1c(C)cc[nH]c1=O. The lowest BCUT2D eigenvalue weighted by Crippen LogP contribution is -2.30. The second kappa shape index (κ2) is 3.89. The third-order valence-electron chi connectivity index (χ3n) is 1.73. The number of carbonyl (C=O) groups is 1. The molecular formula is C9H12N2O2. The van der Waals surface area contributed by atoms with Crippen molar-refractivity contribution in [2.45, 2.75) is 13.8 Å². The van der Waals surface area contributed by atoms with Crippen molar-refractivity contribution in [2.75, 3.05) is 6.54 Å². The van der Waals surface area contributed by atoms with E-state index in [9.17, 15) is 9.59 Å². The van der Waals surface area contributed by atoms with Gasteiger partial charge in [0.1, 0.15) is 5.56 Å². The molecule has 0 aliphatic carbocycles. The molecule has 4 heteroatoms. The lowest BCUT2D eigenvalue weighted by atomic mass is 10.1. The van der Waals surface area contributed by atoms with E-state index in [1.165, 1.54) is 6.20 Å². The molecule has 1 rings (SSSR count). The average Bonchev–Trinajstić information content (AvgIpc) is 2.04. The van der Waals surface area contributed by atoms with Crippen LogP contribution in [0.3, 0.4) is 0 Å². The Kier molecular flexibility index (Phi) is 2.84. The molecule has 1 heterocycles. The molecule has 1 aromatic heterocycles. The number of H-pyrrole nitrogens is 1. The maximum atomic E-state index is 11.4. The number of aryl methyl sites for hydroxylation is 1. The van der Waals surface area contributed by atoms with Crippen LogP contribution in [0.4, 0.5) is 0 Å². The summed E-state index contributed by atoms with van der Waals surface area (Å²) in [4.78, 5) is 25.1. The van der Waals surface area contributed by atoms with Crippen LogP contribution in [0, 0.1) is 6.92 Å². The lowest BCUT2D eigenvalue weighted by molar-refractivity contribution is 0.0953. The van der Waals surface area contributed by atoms with E-state index in [2.05, 4.69) is 10.3 Å². The Bertz CT molecular complexity index is 368. The second-order valence-corrected chi connectivity index (χ2v) is 2.72. The highest BCUT2D eigenvalue weighted by Crippen LogP contribution is 1.99. The van der Waals surface area contributed by atoms with Gasteiger partial charge in [-0.1, -0.05) is 0 Å². The van der Waals surface area contributed by atoms with Crippen LogP contribution >= 0.6 is 0 Å². The molecule has 13 heavy (non-hydrogen) atoms. The van der Waals surface area contributed by atoms with Gasteiger partial charge in [0.25, 0.3) is 11.5 Å². The Morgan fingerprint density at radius 1 is 1.62 bits per heavy atom. The summed E-state index contributed by atoms with van der Waals surface area (Å²) in [6.07, 6.45) is 1.53. The van der Waals surface area contributed by atoms with E-state index in [1.54, 1.807) is 13.0 Å². The van der Waals surface area contributed by atoms with Crippen LogP contribution in [-0.2, 0) is 0 Å². The summed E-state index contributed by atoms with van der Waals surface area (Å²) in [7, 11) is 0. The molecule has 0 aliphatic heterocycles. The summed E-state index contributed by atoms with van der Waals surface area (Å²) < 4.78 is 0. The first-order valence-corrected chi connectivity index (χ1v) is 4.13. The van der Waals surface area contributed by atoms with Gasteiger partial charge in [0.2, 0.25) is 0 Å². The van der Waals surface area contributed by atoms with E-state index in [4.69, 9.17) is 0 Å². The summed E-state index contributed by atoms with van der Waals surface area (Å²) >= 11 is 0. The quantitative estimate of drug-likeness (QED) is 0.693. The van der Waals surface area contributed by atoms with Gasteiger partial charge in [-0.15, -0.1) is 0 Å². The highest BCUT2D eigenvalue weighted by molar-refractivity contribution is 5.95. The standard InChI is InChI=1S/C9H12N2O2/c1-3-10-8(12)7-6(2)4-5-11-9(7)13/h4-5H,3H2,1-2H3,(H,10,12)(H,11,13). The molecule has 1 aromatic rings. The topological polar surface area (TPSA) is 62.0 Å². The number of amides is 1. The minimum atomic E-state index is -0.342. The summed E-state index contributed by atoms with van der Waals surface area (Å²) in [6, 6.07) is 1.70. The van der Waals surface area contributed by atoms with Crippen LogP contribution in [0.1, 0.15) is 22.8 Å². The molecule has 0 aromatic carbocycles. The Hall–Kier alpha value is -1.58. The predicted octanol–water partition coefficient (Wildman–Crippen LogP) is 0.433. The van der Waals surface area contributed by atoms with Gasteiger partial charge in [0.05, 0.1) is 0 Å². The molecule has 0 spiro atoms. The van der Waals surface area contributed by atoms with Crippen molar-refractivity contribution in [3.8, 4) is 0 Å². The largest absolute Gasteiger partial charge is 0.352 e. The van der Waals surface area contributed by atoms with Crippen molar-refractivity contribution in [2.24, 2.45) is 0 Å². The van der Waals surface area contributed by atoms with Crippen LogP contribution in [-0.4, -0.2) is 17.4 Å². The first-order chi connectivity index (χ1) is 6.16. The van der Waals surface area contributed by atoms with Crippen LogP contribution < -0.4 is 10.9 Å². The predicted molar refractivity (Wildman–Crippen MR) is 49.8 cm³/mol. The summed E-state index contributed by atoms with van der Waals surface area (Å²) in [5, 5.41) is 2.58. The van der Waals surface area contributed by atoms with Gasteiger partial charge in [-0.05, 0) is 25.5 Å². The van der Waals surface area contributed by atoms with Crippen molar-refractivity contribution >= 4 is 5.91 Å². The summed E-state index contributed by atoms with van der Waals surface area (Å²) in [6.45, 7) is 4.07. The maximum absolute atomic E-state index is 11.4. The van der Waals surface area contributed by atoms with E-state index in [0.717, 1.165) is 0 Å². The van der Waals surface area contributed by atoms with Crippen molar-refractivity contribution in [1.82, 2.24) is 10.3 Å². The third-order valence-corrected chi connectivity index (χ3v) is 1.73. The molecule has 70 valence electrons. The van der Waals surface area contributed by atoms with Crippen molar-refractivity contribution in [1.29, 1.82) is 0 Å². The van der Waals surface area contributed by atoms with Gasteiger partial charge in [0, 0.05) is 12.7 Å². The third kappa shape index (κ3) is 1.96. The van der Waals surface area contributed by atoms with E-state index < -0.39 is 0 Å². The fraction of sp³-hybridized carbons (Fsp3) is 0.333. The van der Waals surface area contributed by atoms with Crippen LogP contribution in [0.2, 0.25) is 0 Å². The van der Waals surface area contributed by atoms with Gasteiger partial charge in [0.15, 0.2) is 0 Å². The zero-order valence-corrected chi connectivity index (χ0v) is 7.68. The monoisotopic (exact) mass is 180 g/mol. The lowest BCUT2D eigenvalue weighted by Gasteiger charge is -2.03. The van der Waals surface area contributed by atoms with Crippen molar-refractivity contribution < 1.29 is 4.79 Å². The van der Waals surface area contributed by atoms with Gasteiger partial charge in [-0.2, -0.15) is 0 Å². The van der Waals surface area contributed by atoms with E-state index >= 15 is 0 Å².